The van der Waals surface area contributed by atoms with Crippen LogP contribution in [0.2, 0.25) is 0 Å². The van der Waals surface area contributed by atoms with E-state index in [1.165, 1.54) is 21.8 Å². The van der Waals surface area contributed by atoms with E-state index in [1.807, 2.05) is 17.0 Å². The van der Waals surface area contributed by atoms with Gasteiger partial charge in [-0.25, -0.2) is 0 Å². The smallest absolute Gasteiger partial charge is 0.294 e. The summed E-state index contributed by atoms with van der Waals surface area (Å²) in [4.78, 5) is 15.2. The molecule has 31 heavy (non-hydrogen) atoms. The Morgan fingerprint density at radius 2 is 1.48 bits per heavy atom. The van der Waals surface area contributed by atoms with E-state index in [9.17, 15) is 4.79 Å². The largest absolute Gasteiger partial charge is 0.459 e. The van der Waals surface area contributed by atoms with Crippen LogP contribution in [-0.4, -0.2) is 16.5 Å². The highest BCUT2D eigenvalue weighted by Crippen LogP contribution is 2.43. The van der Waals surface area contributed by atoms with Gasteiger partial charge in [-0.1, -0.05) is 54.6 Å². The molecular weight excluding hydrogens is 384 g/mol. The molecule has 1 amide bonds. The number of anilines is 1. The number of carbonyl (C=O) groups excluding carboxylic acids is 1. The average molecular weight is 406 g/mol. The van der Waals surface area contributed by atoms with E-state index in [2.05, 4.69) is 72.2 Å². The predicted molar refractivity (Wildman–Crippen MR) is 124 cm³/mol. The molecule has 3 heterocycles. The van der Waals surface area contributed by atoms with Gasteiger partial charge in [0.1, 0.15) is 0 Å². The third-order valence-electron chi connectivity index (χ3n) is 6.44. The molecule has 1 aliphatic heterocycles. The van der Waals surface area contributed by atoms with Crippen LogP contribution in [0.15, 0.2) is 95.6 Å². The van der Waals surface area contributed by atoms with Gasteiger partial charge in [0.15, 0.2) is 5.76 Å². The van der Waals surface area contributed by atoms with Crippen LogP contribution in [0, 0.1) is 0 Å². The molecule has 0 bridgehead atoms. The molecule has 0 saturated heterocycles. The van der Waals surface area contributed by atoms with Crippen molar-refractivity contribution in [1.29, 1.82) is 0 Å². The third kappa shape index (κ3) is 2.65. The van der Waals surface area contributed by atoms with Crippen LogP contribution in [0.3, 0.4) is 0 Å². The zero-order valence-corrected chi connectivity index (χ0v) is 17.2. The molecular formula is C27H22N2O2. The number of hydrogen-bond acceptors (Lipinski definition) is 2. The summed E-state index contributed by atoms with van der Waals surface area (Å²) in [6, 6.07) is 29.1. The van der Waals surface area contributed by atoms with Crippen LogP contribution in [0.25, 0.3) is 21.8 Å². The quantitative estimate of drug-likeness (QED) is 0.339. The zero-order valence-electron chi connectivity index (χ0n) is 17.2. The third-order valence-corrected chi connectivity index (χ3v) is 6.44. The second-order valence-corrected chi connectivity index (χ2v) is 8.22. The van der Waals surface area contributed by atoms with E-state index in [0.717, 1.165) is 17.7 Å². The van der Waals surface area contributed by atoms with E-state index in [1.54, 1.807) is 18.4 Å². The van der Waals surface area contributed by atoms with E-state index in [0.29, 0.717) is 5.76 Å². The Labute approximate surface area is 180 Å². The van der Waals surface area contributed by atoms with Crippen molar-refractivity contribution in [3.05, 3.63) is 103 Å². The first-order valence-electron chi connectivity index (χ1n) is 10.7. The van der Waals surface area contributed by atoms with Crippen molar-refractivity contribution in [2.45, 2.75) is 25.4 Å². The highest BCUT2D eigenvalue weighted by molar-refractivity contribution is 6.09. The average Bonchev–Trinajstić information content (AvgIpc) is 3.45. The highest BCUT2D eigenvalue weighted by Gasteiger charge is 2.36. The van der Waals surface area contributed by atoms with Crippen LogP contribution >= 0.6 is 0 Å². The highest BCUT2D eigenvalue weighted by atomic mass is 16.3. The minimum absolute atomic E-state index is 0.0254. The number of furan rings is 1. The van der Waals surface area contributed by atoms with Gasteiger partial charge in [0.2, 0.25) is 0 Å². The number of fused-ring (bicyclic) bond motifs is 4. The Morgan fingerprint density at radius 3 is 2.16 bits per heavy atom. The van der Waals surface area contributed by atoms with Crippen LogP contribution in [0.5, 0.6) is 0 Å². The molecule has 0 spiro atoms. The number of nitrogens with zero attached hydrogens (tertiary/aromatic N) is 2. The van der Waals surface area contributed by atoms with E-state index < -0.39 is 0 Å². The molecule has 0 N–H and O–H groups in total. The van der Waals surface area contributed by atoms with Crippen molar-refractivity contribution >= 4 is 33.4 Å². The fourth-order valence-electron chi connectivity index (χ4n) is 5.14. The zero-order chi connectivity index (χ0) is 20.9. The monoisotopic (exact) mass is 406 g/mol. The minimum atomic E-state index is -0.0920. The summed E-state index contributed by atoms with van der Waals surface area (Å²) in [5.74, 6) is 0.280. The molecule has 0 fully saturated rings. The maximum atomic E-state index is 13.3. The Balaban J connectivity index is 1.57. The molecule has 6 rings (SSSR count). The van der Waals surface area contributed by atoms with Gasteiger partial charge in [-0.05, 0) is 49.2 Å². The van der Waals surface area contributed by atoms with Gasteiger partial charge >= 0.3 is 0 Å². The van der Waals surface area contributed by atoms with E-state index in [4.69, 9.17) is 4.42 Å². The summed E-state index contributed by atoms with van der Waals surface area (Å²) >= 11 is 0. The van der Waals surface area contributed by atoms with Gasteiger partial charge in [0.05, 0.1) is 12.3 Å². The van der Waals surface area contributed by atoms with Gasteiger partial charge < -0.3 is 13.9 Å². The molecule has 152 valence electrons. The number of rotatable bonds is 2. The fraction of sp³-hybridized carbons (Fsp3) is 0.148. The summed E-state index contributed by atoms with van der Waals surface area (Å²) in [7, 11) is 0. The predicted octanol–water partition coefficient (Wildman–Crippen LogP) is 6.42. The van der Waals surface area contributed by atoms with Crippen molar-refractivity contribution in [3.8, 4) is 0 Å². The lowest BCUT2D eigenvalue weighted by atomic mass is 9.91. The van der Waals surface area contributed by atoms with Crippen LogP contribution in [-0.2, 0) is 0 Å². The van der Waals surface area contributed by atoms with Crippen molar-refractivity contribution in [3.63, 3.8) is 0 Å². The molecule has 2 unspecified atom stereocenters. The molecule has 4 nitrogen and oxygen atoms in total. The standard InChI is InChI=1S/C27H22N2O2/c1-18-17-25(29-22-12-5-2-9-19(22)20-10-3-6-13-23(20)29)21-11-4-7-14-24(21)28(18)27(30)26-15-8-16-31-26/h2-16,18,25H,17H2,1H3. The molecule has 1 aliphatic rings. The van der Waals surface area contributed by atoms with Crippen LogP contribution < -0.4 is 4.90 Å². The minimum Gasteiger partial charge on any atom is -0.459 e. The van der Waals surface area contributed by atoms with Crippen molar-refractivity contribution in [2.24, 2.45) is 0 Å². The molecule has 0 radical (unpaired) electrons. The van der Waals surface area contributed by atoms with Gasteiger partial charge in [-0.15, -0.1) is 0 Å². The number of para-hydroxylation sites is 3. The molecule has 0 aliphatic carbocycles. The molecule has 2 atom stereocenters. The van der Waals surface area contributed by atoms with Gasteiger partial charge in [-0.3, -0.25) is 4.79 Å². The van der Waals surface area contributed by atoms with Gasteiger partial charge in [0.25, 0.3) is 5.91 Å². The maximum Gasteiger partial charge on any atom is 0.294 e. The lowest BCUT2D eigenvalue weighted by Gasteiger charge is -2.40. The summed E-state index contributed by atoms with van der Waals surface area (Å²) in [6.45, 7) is 2.12. The first-order chi connectivity index (χ1) is 15.2. The summed E-state index contributed by atoms with van der Waals surface area (Å²) in [5.41, 5.74) is 4.56. The van der Waals surface area contributed by atoms with Crippen LogP contribution in [0.4, 0.5) is 5.69 Å². The first kappa shape index (κ1) is 18.0. The van der Waals surface area contributed by atoms with Crippen molar-refractivity contribution < 1.29 is 9.21 Å². The second-order valence-electron chi connectivity index (χ2n) is 8.22. The SMILES string of the molecule is CC1CC(n2c3ccccc3c3ccccc32)c2ccccc2N1C(=O)c1ccco1. The van der Waals surface area contributed by atoms with E-state index >= 15 is 0 Å². The fourth-order valence-corrected chi connectivity index (χ4v) is 5.14. The molecule has 2 aromatic heterocycles. The summed E-state index contributed by atoms with van der Waals surface area (Å²) < 4.78 is 7.88. The molecule has 4 heteroatoms. The first-order valence-corrected chi connectivity index (χ1v) is 10.7. The maximum absolute atomic E-state index is 13.3. The Morgan fingerprint density at radius 1 is 0.839 bits per heavy atom. The van der Waals surface area contributed by atoms with Crippen molar-refractivity contribution in [2.75, 3.05) is 4.90 Å². The lowest BCUT2D eigenvalue weighted by molar-refractivity contribution is 0.0946. The lowest BCUT2D eigenvalue weighted by Crippen LogP contribution is -2.44. The second kappa shape index (κ2) is 6.88. The molecule has 3 aromatic carbocycles. The number of hydrogen-bond donors (Lipinski definition) is 0. The van der Waals surface area contributed by atoms with Gasteiger partial charge in [0, 0.05) is 33.5 Å². The van der Waals surface area contributed by atoms with Gasteiger partial charge in [-0.2, -0.15) is 0 Å². The van der Waals surface area contributed by atoms with E-state index in [-0.39, 0.29) is 18.0 Å². The van der Waals surface area contributed by atoms with Crippen molar-refractivity contribution in [1.82, 2.24) is 4.57 Å². The Kier molecular flexibility index (Phi) is 4.00. The topological polar surface area (TPSA) is 38.4 Å². The normalized spacial score (nSPS) is 18.4. The number of aromatic nitrogens is 1. The number of carbonyl (C=O) groups is 1. The Bertz CT molecular complexity index is 1360. The number of benzene rings is 3. The number of amides is 1. The summed E-state index contributed by atoms with van der Waals surface area (Å²) in [5, 5.41) is 2.52. The molecule has 5 aromatic rings. The Hall–Kier alpha value is -3.79. The summed E-state index contributed by atoms with van der Waals surface area (Å²) in [6.07, 6.45) is 2.38. The molecule has 0 saturated carbocycles. The van der Waals surface area contributed by atoms with Crippen LogP contribution in [0.1, 0.15) is 35.5 Å².